The van der Waals surface area contributed by atoms with Gasteiger partial charge in [-0.3, -0.25) is 4.79 Å². The zero-order chi connectivity index (χ0) is 17.7. The minimum absolute atomic E-state index is 0.0902. The Morgan fingerprint density at radius 1 is 1.21 bits per heavy atom. The van der Waals surface area contributed by atoms with Gasteiger partial charge in [-0.15, -0.1) is 11.3 Å². The highest BCUT2D eigenvalue weighted by Crippen LogP contribution is 2.28. The van der Waals surface area contributed by atoms with E-state index in [2.05, 4.69) is 16.9 Å². The fourth-order valence-electron chi connectivity index (χ4n) is 2.15. The molecule has 0 saturated heterocycles. The summed E-state index contributed by atoms with van der Waals surface area (Å²) in [7, 11) is -1.32. The van der Waals surface area contributed by atoms with E-state index in [0.29, 0.717) is 0 Å². The average Bonchev–Trinajstić information content (AvgIpc) is 2.94. The van der Waals surface area contributed by atoms with Crippen molar-refractivity contribution in [3.63, 3.8) is 0 Å². The molecule has 2 unspecified atom stereocenters. The largest absolute Gasteiger partial charge is 0.481 e. The van der Waals surface area contributed by atoms with Gasteiger partial charge in [0.1, 0.15) is 0 Å². The molecule has 0 fully saturated rings. The van der Waals surface area contributed by atoms with Crippen LogP contribution in [0.2, 0.25) is 0 Å². The molecule has 0 aliphatic heterocycles. The standard InChI is InChI=1S/C18H23NO3S2/c1-18(2,3)24(22)19-15(12-17(20)21)16-10-9-14(23-16)11-13-7-5-4-6-8-13/h4-10,15,19H,11-12H2,1-3H3,(H,20,21). The van der Waals surface area contributed by atoms with Crippen molar-refractivity contribution in [3.8, 4) is 0 Å². The molecule has 0 aliphatic rings. The Balaban J connectivity index is 2.15. The predicted molar refractivity (Wildman–Crippen MR) is 99.6 cm³/mol. The lowest BCUT2D eigenvalue weighted by Gasteiger charge is -2.22. The van der Waals surface area contributed by atoms with Crippen LogP contribution in [0.25, 0.3) is 0 Å². The van der Waals surface area contributed by atoms with E-state index in [1.165, 1.54) is 5.56 Å². The van der Waals surface area contributed by atoms with Crippen LogP contribution < -0.4 is 4.72 Å². The lowest BCUT2D eigenvalue weighted by molar-refractivity contribution is -0.137. The molecule has 0 aliphatic carbocycles. The van der Waals surface area contributed by atoms with E-state index in [4.69, 9.17) is 5.11 Å². The number of rotatable bonds is 7. The number of thiophene rings is 1. The van der Waals surface area contributed by atoms with E-state index in [-0.39, 0.29) is 6.42 Å². The SMILES string of the molecule is CC(C)(C)S(=O)NC(CC(=O)O)c1ccc(Cc2ccccc2)s1. The van der Waals surface area contributed by atoms with Crippen molar-refractivity contribution in [2.24, 2.45) is 0 Å². The third-order valence-electron chi connectivity index (χ3n) is 3.43. The molecule has 0 radical (unpaired) electrons. The second kappa shape index (κ2) is 8.05. The van der Waals surface area contributed by atoms with Gasteiger partial charge in [0.25, 0.3) is 0 Å². The Morgan fingerprint density at radius 3 is 2.46 bits per heavy atom. The lowest BCUT2D eigenvalue weighted by atomic mass is 10.1. The van der Waals surface area contributed by atoms with Crippen LogP contribution in [0.15, 0.2) is 42.5 Å². The van der Waals surface area contributed by atoms with Crippen molar-refractivity contribution in [2.75, 3.05) is 0 Å². The first-order valence-electron chi connectivity index (χ1n) is 7.78. The van der Waals surface area contributed by atoms with Crippen LogP contribution >= 0.6 is 11.3 Å². The molecule has 0 saturated carbocycles. The van der Waals surface area contributed by atoms with Crippen LogP contribution in [0.5, 0.6) is 0 Å². The molecular weight excluding hydrogens is 342 g/mol. The van der Waals surface area contributed by atoms with E-state index in [0.717, 1.165) is 16.2 Å². The molecule has 1 heterocycles. The number of nitrogens with one attached hydrogen (secondary N) is 1. The molecule has 2 atom stereocenters. The smallest absolute Gasteiger partial charge is 0.305 e. The Labute approximate surface area is 149 Å². The van der Waals surface area contributed by atoms with Gasteiger partial charge in [-0.2, -0.15) is 0 Å². The van der Waals surface area contributed by atoms with Crippen molar-refractivity contribution in [2.45, 2.75) is 44.4 Å². The molecule has 1 aromatic heterocycles. The fourth-order valence-corrected chi connectivity index (χ4v) is 4.15. The maximum Gasteiger partial charge on any atom is 0.305 e. The third kappa shape index (κ3) is 5.54. The zero-order valence-electron chi connectivity index (χ0n) is 14.1. The lowest BCUT2D eigenvalue weighted by Crippen LogP contribution is -2.36. The Hall–Kier alpha value is -1.50. The molecule has 0 bridgehead atoms. The molecule has 6 heteroatoms. The van der Waals surface area contributed by atoms with Crippen LogP contribution in [0.3, 0.4) is 0 Å². The number of carboxylic acids is 1. The molecule has 4 nitrogen and oxygen atoms in total. The number of hydrogen-bond acceptors (Lipinski definition) is 3. The van der Waals surface area contributed by atoms with Crippen molar-refractivity contribution in [3.05, 3.63) is 57.8 Å². The molecule has 0 spiro atoms. The second-order valence-electron chi connectivity index (χ2n) is 6.62. The zero-order valence-corrected chi connectivity index (χ0v) is 15.7. The number of carboxylic acid groups (broad SMARTS) is 1. The van der Waals surface area contributed by atoms with Gasteiger partial charge >= 0.3 is 5.97 Å². The fraction of sp³-hybridized carbons (Fsp3) is 0.389. The van der Waals surface area contributed by atoms with Gasteiger partial charge < -0.3 is 5.11 Å². The highest BCUT2D eigenvalue weighted by atomic mass is 32.2. The Morgan fingerprint density at radius 2 is 1.88 bits per heavy atom. The van der Waals surface area contributed by atoms with Crippen molar-refractivity contribution in [1.29, 1.82) is 0 Å². The summed E-state index contributed by atoms with van der Waals surface area (Å²) in [5, 5.41) is 9.17. The first-order valence-corrected chi connectivity index (χ1v) is 9.74. The third-order valence-corrected chi connectivity index (χ3v) is 6.24. The van der Waals surface area contributed by atoms with Gasteiger partial charge in [0.2, 0.25) is 0 Å². The summed E-state index contributed by atoms with van der Waals surface area (Å²) < 4.78 is 14.9. The van der Waals surface area contributed by atoms with E-state index in [9.17, 15) is 9.00 Å². The topological polar surface area (TPSA) is 66.4 Å². The summed E-state index contributed by atoms with van der Waals surface area (Å²) in [6.45, 7) is 5.59. The first kappa shape index (κ1) is 18.8. The normalized spacial score (nSPS) is 14.3. The number of benzene rings is 1. The van der Waals surface area contributed by atoms with E-state index in [1.54, 1.807) is 11.3 Å². The van der Waals surface area contributed by atoms with Crippen LogP contribution in [-0.2, 0) is 22.2 Å². The minimum atomic E-state index is -1.32. The molecule has 1 aromatic carbocycles. The van der Waals surface area contributed by atoms with E-state index in [1.807, 2.05) is 51.1 Å². The van der Waals surface area contributed by atoms with Gasteiger partial charge in [0, 0.05) is 16.2 Å². The molecule has 24 heavy (non-hydrogen) atoms. The average molecular weight is 366 g/mol. The van der Waals surface area contributed by atoms with E-state index < -0.39 is 27.7 Å². The number of carbonyl (C=O) groups is 1. The van der Waals surface area contributed by atoms with Crippen LogP contribution in [-0.4, -0.2) is 20.0 Å². The molecular formula is C18H23NO3S2. The van der Waals surface area contributed by atoms with Crippen LogP contribution in [0.4, 0.5) is 0 Å². The maximum atomic E-state index is 12.3. The van der Waals surface area contributed by atoms with Gasteiger partial charge in [0.05, 0.1) is 28.2 Å². The maximum absolute atomic E-state index is 12.3. The van der Waals surface area contributed by atoms with Gasteiger partial charge in [-0.05, 0) is 38.5 Å². The quantitative estimate of drug-likeness (QED) is 0.782. The van der Waals surface area contributed by atoms with Crippen LogP contribution in [0.1, 0.15) is 48.6 Å². The summed E-state index contributed by atoms with van der Waals surface area (Å²) >= 11 is 1.57. The Kier molecular flexibility index (Phi) is 6.32. The van der Waals surface area contributed by atoms with Crippen molar-refractivity contribution in [1.82, 2.24) is 4.72 Å². The minimum Gasteiger partial charge on any atom is -0.481 e. The number of aliphatic carboxylic acids is 1. The number of hydrogen-bond donors (Lipinski definition) is 2. The second-order valence-corrected chi connectivity index (χ2v) is 9.81. The monoisotopic (exact) mass is 365 g/mol. The van der Waals surface area contributed by atoms with Gasteiger partial charge in [0.15, 0.2) is 0 Å². The van der Waals surface area contributed by atoms with Crippen molar-refractivity contribution < 1.29 is 14.1 Å². The van der Waals surface area contributed by atoms with Crippen LogP contribution in [0, 0.1) is 0 Å². The first-order chi connectivity index (χ1) is 11.3. The van der Waals surface area contributed by atoms with Crippen molar-refractivity contribution >= 4 is 28.3 Å². The summed E-state index contributed by atoms with van der Waals surface area (Å²) in [6.07, 6.45) is 0.723. The van der Waals surface area contributed by atoms with Gasteiger partial charge in [-0.1, -0.05) is 30.3 Å². The Bertz CT molecular complexity index is 705. The molecule has 0 amide bonds. The molecule has 2 aromatic rings. The highest BCUT2D eigenvalue weighted by Gasteiger charge is 2.26. The highest BCUT2D eigenvalue weighted by molar-refractivity contribution is 7.84. The summed E-state index contributed by atoms with van der Waals surface area (Å²) in [5.74, 6) is -0.906. The summed E-state index contributed by atoms with van der Waals surface area (Å²) in [5.41, 5.74) is 1.21. The predicted octanol–water partition coefficient (Wildman–Crippen LogP) is 3.91. The van der Waals surface area contributed by atoms with Gasteiger partial charge in [-0.25, -0.2) is 8.93 Å². The summed E-state index contributed by atoms with van der Waals surface area (Å²) in [6, 6.07) is 13.6. The molecule has 2 N–H and O–H groups in total. The summed E-state index contributed by atoms with van der Waals surface area (Å²) in [4.78, 5) is 13.2. The molecule has 130 valence electrons. The van der Waals surface area contributed by atoms with E-state index >= 15 is 0 Å². The molecule has 2 rings (SSSR count).